The molecule has 1 aliphatic rings. The van der Waals surface area contributed by atoms with Crippen molar-refractivity contribution in [3.8, 4) is 0 Å². The Balaban J connectivity index is 2.06. The maximum absolute atomic E-state index is 12.1. The fourth-order valence-electron chi connectivity index (χ4n) is 2.54. The zero-order valence-corrected chi connectivity index (χ0v) is 11.1. The second-order valence-electron chi connectivity index (χ2n) is 5.22. The number of benzene rings is 1. The molecule has 102 valence electrons. The van der Waals surface area contributed by atoms with E-state index in [0.717, 1.165) is 25.7 Å². The van der Waals surface area contributed by atoms with Crippen molar-refractivity contribution in [3.63, 3.8) is 0 Å². The Morgan fingerprint density at radius 2 is 1.79 bits per heavy atom. The molecule has 1 aliphatic carbocycles. The smallest absolute Gasteiger partial charge is 0.252 e. The molecule has 0 saturated heterocycles. The monoisotopic (exact) mass is 261 g/mol. The third-order valence-corrected chi connectivity index (χ3v) is 3.66. The fourth-order valence-corrected chi connectivity index (χ4v) is 2.54. The lowest BCUT2D eigenvalue weighted by Gasteiger charge is -2.22. The third-order valence-electron chi connectivity index (χ3n) is 3.66. The first-order valence-electron chi connectivity index (χ1n) is 6.62. The van der Waals surface area contributed by atoms with Crippen LogP contribution in [0.4, 0.5) is 0 Å². The molecule has 0 spiro atoms. The molecule has 0 heterocycles. The van der Waals surface area contributed by atoms with Gasteiger partial charge in [0.05, 0.1) is 11.2 Å². The van der Waals surface area contributed by atoms with E-state index >= 15 is 0 Å². The third kappa shape index (κ3) is 3.20. The van der Waals surface area contributed by atoms with Crippen LogP contribution >= 0.6 is 0 Å². The van der Waals surface area contributed by atoms with Crippen LogP contribution in [0.2, 0.25) is 0 Å². The molecule has 1 aromatic carbocycles. The number of hydrogen-bond donors (Lipinski definition) is 2. The van der Waals surface area contributed by atoms with Crippen molar-refractivity contribution in [2.75, 3.05) is 6.54 Å². The highest BCUT2D eigenvalue weighted by Crippen LogP contribution is 2.28. The lowest BCUT2D eigenvalue weighted by Crippen LogP contribution is -2.41. The lowest BCUT2D eigenvalue weighted by molar-refractivity contribution is 0.0449. The van der Waals surface area contributed by atoms with Crippen LogP contribution in [0.15, 0.2) is 24.3 Å². The van der Waals surface area contributed by atoms with E-state index in [4.69, 9.17) is 0 Å². The number of ketones is 1. The molecule has 0 unspecified atom stereocenters. The fraction of sp³-hybridized carbons (Fsp3) is 0.467. The van der Waals surface area contributed by atoms with Gasteiger partial charge in [-0.3, -0.25) is 9.59 Å². The number of carbonyl (C=O) groups excluding carboxylic acids is 2. The number of amides is 1. The summed E-state index contributed by atoms with van der Waals surface area (Å²) in [6, 6.07) is 6.73. The second kappa shape index (κ2) is 5.53. The average molecular weight is 261 g/mol. The predicted molar refractivity (Wildman–Crippen MR) is 72.2 cm³/mol. The van der Waals surface area contributed by atoms with Crippen LogP contribution in [0.1, 0.15) is 53.3 Å². The molecule has 2 N–H and O–H groups in total. The standard InChI is InChI=1S/C15H19NO3/c1-11(17)12-6-2-3-7-13(12)14(18)16-10-15(19)8-4-5-9-15/h2-3,6-7,19H,4-5,8-10H2,1H3,(H,16,18). The Hall–Kier alpha value is -1.68. The zero-order chi connectivity index (χ0) is 13.9. The Morgan fingerprint density at radius 3 is 2.37 bits per heavy atom. The molecule has 2 rings (SSSR count). The van der Waals surface area contributed by atoms with Crippen molar-refractivity contribution in [2.24, 2.45) is 0 Å². The van der Waals surface area contributed by atoms with Crippen molar-refractivity contribution in [3.05, 3.63) is 35.4 Å². The van der Waals surface area contributed by atoms with Crippen LogP contribution in [0.3, 0.4) is 0 Å². The minimum Gasteiger partial charge on any atom is -0.388 e. The van der Waals surface area contributed by atoms with E-state index in [1.165, 1.54) is 6.92 Å². The highest BCUT2D eigenvalue weighted by molar-refractivity contribution is 6.07. The minimum atomic E-state index is -0.777. The largest absolute Gasteiger partial charge is 0.388 e. The van der Waals surface area contributed by atoms with Crippen molar-refractivity contribution >= 4 is 11.7 Å². The summed E-state index contributed by atoms with van der Waals surface area (Å²) in [6.07, 6.45) is 3.44. The van der Waals surface area contributed by atoms with Crippen molar-refractivity contribution in [1.29, 1.82) is 0 Å². The highest BCUT2D eigenvalue weighted by Gasteiger charge is 2.31. The van der Waals surface area contributed by atoms with Gasteiger partial charge in [0.1, 0.15) is 0 Å². The van der Waals surface area contributed by atoms with E-state index in [1.807, 2.05) is 0 Å². The van der Waals surface area contributed by atoms with Gasteiger partial charge in [-0.25, -0.2) is 0 Å². The van der Waals surface area contributed by atoms with Gasteiger partial charge in [-0.05, 0) is 25.8 Å². The van der Waals surface area contributed by atoms with E-state index < -0.39 is 5.60 Å². The maximum Gasteiger partial charge on any atom is 0.252 e. The van der Waals surface area contributed by atoms with E-state index in [1.54, 1.807) is 24.3 Å². The maximum atomic E-state index is 12.1. The Bertz CT molecular complexity index is 490. The molecule has 1 amide bonds. The summed E-state index contributed by atoms with van der Waals surface area (Å²) in [5.41, 5.74) is 0.0101. The van der Waals surface area contributed by atoms with E-state index in [9.17, 15) is 14.7 Å². The van der Waals surface area contributed by atoms with Crippen LogP contribution < -0.4 is 5.32 Å². The zero-order valence-electron chi connectivity index (χ0n) is 11.1. The SMILES string of the molecule is CC(=O)c1ccccc1C(=O)NCC1(O)CCCC1. The number of hydrogen-bond acceptors (Lipinski definition) is 3. The summed E-state index contributed by atoms with van der Waals surface area (Å²) in [5.74, 6) is -0.434. The average Bonchev–Trinajstić information content (AvgIpc) is 2.83. The van der Waals surface area contributed by atoms with Gasteiger partial charge in [-0.1, -0.05) is 31.0 Å². The number of nitrogens with one attached hydrogen (secondary N) is 1. The Morgan fingerprint density at radius 1 is 1.21 bits per heavy atom. The summed E-state index contributed by atoms with van der Waals surface area (Å²) in [6.45, 7) is 1.69. The molecular formula is C15H19NO3. The van der Waals surface area contributed by atoms with Gasteiger partial charge in [-0.15, -0.1) is 0 Å². The molecule has 4 heteroatoms. The van der Waals surface area contributed by atoms with E-state index in [0.29, 0.717) is 11.1 Å². The summed E-state index contributed by atoms with van der Waals surface area (Å²) in [7, 11) is 0. The molecule has 19 heavy (non-hydrogen) atoms. The first-order chi connectivity index (χ1) is 9.02. The molecule has 0 aliphatic heterocycles. The normalized spacial score (nSPS) is 17.2. The van der Waals surface area contributed by atoms with E-state index in [2.05, 4.69) is 5.32 Å². The summed E-state index contributed by atoms with van der Waals surface area (Å²) < 4.78 is 0. The van der Waals surface area contributed by atoms with Gasteiger partial charge in [0.2, 0.25) is 0 Å². The minimum absolute atomic E-state index is 0.134. The van der Waals surface area contributed by atoms with Gasteiger partial charge < -0.3 is 10.4 Å². The topological polar surface area (TPSA) is 66.4 Å². The van der Waals surface area contributed by atoms with Crippen molar-refractivity contribution < 1.29 is 14.7 Å². The van der Waals surface area contributed by atoms with Crippen molar-refractivity contribution in [1.82, 2.24) is 5.32 Å². The van der Waals surface area contributed by atoms with Crippen LogP contribution in [-0.4, -0.2) is 28.9 Å². The van der Waals surface area contributed by atoms with Crippen LogP contribution in [0, 0.1) is 0 Å². The molecule has 4 nitrogen and oxygen atoms in total. The van der Waals surface area contributed by atoms with Crippen LogP contribution in [-0.2, 0) is 0 Å². The molecule has 1 fully saturated rings. The summed E-state index contributed by atoms with van der Waals surface area (Å²) in [4.78, 5) is 23.6. The molecule has 0 atom stereocenters. The quantitative estimate of drug-likeness (QED) is 0.814. The van der Waals surface area contributed by atoms with Gasteiger partial charge in [0, 0.05) is 12.1 Å². The molecule has 0 aromatic heterocycles. The molecule has 1 aromatic rings. The molecule has 1 saturated carbocycles. The summed E-state index contributed by atoms with van der Waals surface area (Å²) in [5, 5.41) is 12.9. The lowest BCUT2D eigenvalue weighted by atomic mass is 10.0. The highest BCUT2D eigenvalue weighted by atomic mass is 16.3. The first kappa shape index (κ1) is 13.7. The number of aliphatic hydroxyl groups is 1. The number of Topliss-reactive ketones (excluding diaryl/α,β-unsaturated/α-hetero) is 1. The van der Waals surface area contributed by atoms with Gasteiger partial charge in [-0.2, -0.15) is 0 Å². The molecule has 0 bridgehead atoms. The van der Waals surface area contributed by atoms with Crippen LogP contribution in [0.25, 0.3) is 0 Å². The number of carbonyl (C=O) groups is 2. The Kier molecular flexibility index (Phi) is 4.00. The Labute approximate surface area is 112 Å². The second-order valence-corrected chi connectivity index (χ2v) is 5.22. The predicted octanol–water partition coefficient (Wildman–Crippen LogP) is 1.92. The van der Waals surface area contributed by atoms with Crippen LogP contribution in [0.5, 0.6) is 0 Å². The molecular weight excluding hydrogens is 242 g/mol. The first-order valence-corrected chi connectivity index (χ1v) is 6.62. The number of rotatable bonds is 4. The van der Waals surface area contributed by atoms with E-state index in [-0.39, 0.29) is 18.2 Å². The van der Waals surface area contributed by atoms with Gasteiger partial charge >= 0.3 is 0 Å². The van der Waals surface area contributed by atoms with Crippen molar-refractivity contribution in [2.45, 2.75) is 38.2 Å². The molecule has 0 radical (unpaired) electrons. The summed E-state index contributed by atoms with van der Waals surface area (Å²) >= 11 is 0. The van der Waals surface area contributed by atoms with Gasteiger partial charge in [0.15, 0.2) is 5.78 Å². The van der Waals surface area contributed by atoms with Gasteiger partial charge in [0.25, 0.3) is 5.91 Å².